The Balaban J connectivity index is 1.62. The van der Waals surface area contributed by atoms with Gasteiger partial charge in [-0.2, -0.15) is 13.8 Å². The van der Waals surface area contributed by atoms with Crippen LogP contribution in [-0.2, 0) is 10.5 Å². The molecule has 0 radical (unpaired) electrons. The molecule has 0 N–H and O–H groups in total. The van der Waals surface area contributed by atoms with Crippen LogP contribution in [-0.4, -0.2) is 41.9 Å². The number of alkyl halides is 2. The van der Waals surface area contributed by atoms with Crippen molar-refractivity contribution in [3.05, 3.63) is 71.5 Å². The molecule has 176 valence electrons. The minimum atomic E-state index is -2.93. The molecule has 1 aromatic heterocycles. The van der Waals surface area contributed by atoms with Crippen LogP contribution >= 0.6 is 11.8 Å². The molecule has 0 atom stereocenters. The molecule has 0 fully saturated rings. The van der Waals surface area contributed by atoms with Crippen LogP contribution in [0.5, 0.6) is 5.75 Å². The minimum Gasteiger partial charge on any atom is -0.435 e. The summed E-state index contributed by atoms with van der Waals surface area (Å²) in [7, 11) is 3.89. The fraction of sp³-hybridized carbons (Fsp3) is 0.217. The number of carbonyl (C=O) groups excluding carboxylic acids is 1. The van der Waals surface area contributed by atoms with Crippen LogP contribution in [0.2, 0.25) is 0 Å². The van der Waals surface area contributed by atoms with Crippen molar-refractivity contribution in [3.63, 3.8) is 0 Å². The molecule has 1 aliphatic heterocycles. The number of carbonyl (C=O) groups is 1. The molecule has 4 rings (SSSR count). The van der Waals surface area contributed by atoms with Crippen molar-refractivity contribution >= 4 is 40.3 Å². The predicted molar refractivity (Wildman–Crippen MR) is 127 cm³/mol. The van der Waals surface area contributed by atoms with Crippen molar-refractivity contribution in [1.29, 1.82) is 0 Å². The summed E-state index contributed by atoms with van der Waals surface area (Å²) in [6.07, 6.45) is 1.70. The number of amidine groups is 1. The van der Waals surface area contributed by atoms with Crippen LogP contribution in [0.1, 0.15) is 17.3 Å². The highest BCUT2D eigenvalue weighted by atomic mass is 32.2. The molecule has 0 unspecified atom stereocenters. The number of rotatable bonds is 7. The molecule has 0 saturated carbocycles. The summed E-state index contributed by atoms with van der Waals surface area (Å²) in [6, 6.07) is 13.5. The van der Waals surface area contributed by atoms with Gasteiger partial charge in [-0.15, -0.1) is 0 Å². The fourth-order valence-electron chi connectivity index (χ4n) is 3.15. The van der Waals surface area contributed by atoms with E-state index in [1.165, 1.54) is 40.9 Å². The van der Waals surface area contributed by atoms with Crippen LogP contribution in [0.3, 0.4) is 0 Å². The van der Waals surface area contributed by atoms with E-state index < -0.39 is 6.61 Å². The van der Waals surface area contributed by atoms with Gasteiger partial charge in [0.05, 0.1) is 11.4 Å². The standard InChI is InChI=1S/C23H21F2N5O3S/c1-14-26-20(33-28-14)13-34-23-27-19(12-15-4-6-16(7-5-15)29(2)3)21(31)30(23)17-8-10-18(11-9-17)32-22(24)25/h4-12,22H,13H2,1-3H3. The number of anilines is 2. The van der Waals surface area contributed by atoms with Crippen LogP contribution < -0.4 is 14.5 Å². The van der Waals surface area contributed by atoms with Gasteiger partial charge in [0.15, 0.2) is 11.0 Å². The first kappa shape index (κ1) is 23.4. The Bertz CT molecular complexity index is 1220. The van der Waals surface area contributed by atoms with Gasteiger partial charge < -0.3 is 14.2 Å². The van der Waals surface area contributed by atoms with Crippen LogP contribution in [0.25, 0.3) is 6.08 Å². The zero-order valence-electron chi connectivity index (χ0n) is 18.6. The molecule has 11 heteroatoms. The zero-order chi connectivity index (χ0) is 24.2. The number of hydrogen-bond donors (Lipinski definition) is 0. The normalized spacial score (nSPS) is 14.8. The molecule has 34 heavy (non-hydrogen) atoms. The summed E-state index contributed by atoms with van der Waals surface area (Å²) in [5.41, 5.74) is 2.56. The Labute approximate surface area is 198 Å². The number of aryl methyl sites for hydroxylation is 1. The quantitative estimate of drug-likeness (QED) is 0.448. The third-order valence-electron chi connectivity index (χ3n) is 4.76. The second-order valence-electron chi connectivity index (χ2n) is 7.45. The summed E-state index contributed by atoms with van der Waals surface area (Å²) in [6.45, 7) is -1.22. The number of aliphatic imine (C=N–C) groups is 1. The fourth-order valence-corrected chi connectivity index (χ4v) is 4.00. The number of amides is 1. The van der Waals surface area contributed by atoms with E-state index >= 15 is 0 Å². The van der Waals surface area contributed by atoms with E-state index in [0.717, 1.165) is 11.3 Å². The lowest BCUT2D eigenvalue weighted by Crippen LogP contribution is -2.30. The largest absolute Gasteiger partial charge is 0.435 e. The maximum atomic E-state index is 13.3. The number of aromatic nitrogens is 2. The molecule has 0 saturated heterocycles. The first-order chi connectivity index (χ1) is 16.3. The summed E-state index contributed by atoms with van der Waals surface area (Å²) in [5.74, 6) is 0.863. The van der Waals surface area contributed by atoms with Crippen molar-refractivity contribution in [2.24, 2.45) is 4.99 Å². The summed E-state index contributed by atoms with van der Waals surface area (Å²) >= 11 is 1.25. The number of hydrogen-bond acceptors (Lipinski definition) is 8. The Kier molecular flexibility index (Phi) is 6.92. The number of thioether (sulfide) groups is 1. The maximum absolute atomic E-state index is 13.3. The lowest BCUT2D eigenvalue weighted by atomic mass is 10.1. The van der Waals surface area contributed by atoms with Gasteiger partial charge in [0.25, 0.3) is 5.91 Å². The lowest BCUT2D eigenvalue weighted by molar-refractivity contribution is -0.113. The number of ether oxygens (including phenoxy) is 1. The Morgan fingerprint density at radius 1 is 1.15 bits per heavy atom. The third kappa shape index (κ3) is 5.42. The van der Waals surface area contributed by atoms with Crippen molar-refractivity contribution in [3.8, 4) is 5.75 Å². The van der Waals surface area contributed by atoms with Gasteiger partial charge in [-0.05, 0) is 55.0 Å². The molecular weight excluding hydrogens is 464 g/mol. The summed E-state index contributed by atoms with van der Waals surface area (Å²) in [5, 5.41) is 4.17. The Morgan fingerprint density at radius 2 is 1.85 bits per heavy atom. The molecule has 2 aromatic carbocycles. The van der Waals surface area contributed by atoms with Crippen molar-refractivity contribution in [2.45, 2.75) is 19.3 Å². The molecule has 0 aliphatic carbocycles. The summed E-state index contributed by atoms with van der Waals surface area (Å²) < 4.78 is 34.6. The van der Waals surface area contributed by atoms with E-state index in [2.05, 4.69) is 19.9 Å². The first-order valence-electron chi connectivity index (χ1n) is 10.2. The molecule has 1 aliphatic rings. The number of nitrogens with zero attached hydrogens (tertiary/aromatic N) is 5. The van der Waals surface area contributed by atoms with Crippen molar-refractivity contribution < 1.29 is 22.8 Å². The van der Waals surface area contributed by atoms with Gasteiger partial charge in [-0.1, -0.05) is 29.1 Å². The smallest absolute Gasteiger partial charge is 0.387 e. The first-order valence-corrected chi connectivity index (χ1v) is 11.2. The second kappa shape index (κ2) is 10.0. The number of benzene rings is 2. The molecule has 2 heterocycles. The molecule has 0 bridgehead atoms. The van der Waals surface area contributed by atoms with Crippen LogP contribution in [0, 0.1) is 6.92 Å². The topological polar surface area (TPSA) is 84.1 Å². The van der Waals surface area contributed by atoms with E-state index in [9.17, 15) is 13.6 Å². The monoisotopic (exact) mass is 485 g/mol. The zero-order valence-corrected chi connectivity index (χ0v) is 19.4. The highest BCUT2D eigenvalue weighted by molar-refractivity contribution is 8.13. The molecule has 1 amide bonds. The predicted octanol–water partition coefficient (Wildman–Crippen LogP) is 4.72. The minimum absolute atomic E-state index is 0.00498. The van der Waals surface area contributed by atoms with Crippen molar-refractivity contribution in [2.75, 3.05) is 23.9 Å². The van der Waals surface area contributed by atoms with Gasteiger partial charge >= 0.3 is 6.61 Å². The van der Waals surface area contributed by atoms with Crippen LogP contribution in [0.4, 0.5) is 20.2 Å². The van der Waals surface area contributed by atoms with Gasteiger partial charge in [-0.3, -0.25) is 9.69 Å². The van der Waals surface area contributed by atoms with Gasteiger partial charge in [0, 0.05) is 19.8 Å². The molecule has 0 spiro atoms. The van der Waals surface area contributed by atoms with E-state index in [1.807, 2.05) is 43.3 Å². The van der Waals surface area contributed by atoms with Crippen LogP contribution in [0.15, 0.2) is 63.7 Å². The van der Waals surface area contributed by atoms with Gasteiger partial charge in [-0.25, -0.2) is 4.99 Å². The van der Waals surface area contributed by atoms with E-state index in [4.69, 9.17) is 4.52 Å². The van der Waals surface area contributed by atoms with Crippen molar-refractivity contribution in [1.82, 2.24) is 10.1 Å². The highest BCUT2D eigenvalue weighted by Crippen LogP contribution is 2.32. The van der Waals surface area contributed by atoms with E-state index in [1.54, 1.807) is 13.0 Å². The molecule has 3 aromatic rings. The molecule has 8 nitrogen and oxygen atoms in total. The number of halogens is 2. The Morgan fingerprint density at radius 3 is 2.44 bits per heavy atom. The SMILES string of the molecule is Cc1noc(CSC2=NC(=Cc3ccc(N(C)C)cc3)C(=O)N2c2ccc(OC(F)F)cc2)n1. The Hall–Kier alpha value is -3.73. The van der Waals surface area contributed by atoms with Gasteiger partial charge in [0.2, 0.25) is 5.89 Å². The van der Waals surface area contributed by atoms with Gasteiger partial charge in [0.1, 0.15) is 11.4 Å². The molecular formula is C23H21F2N5O3S. The lowest BCUT2D eigenvalue weighted by Gasteiger charge is -2.18. The summed E-state index contributed by atoms with van der Waals surface area (Å²) in [4.78, 5) is 25.4. The average molecular weight is 486 g/mol. The second-order valence-corrected chi connectivity index (χ2v) is 8.39. The highest BCUT2D eigenvalue weighted by Gasteiger charge is 2.32. The van der Waals surface area contributed by atoms with E-state index in [0.29, 0.717) is 28.3 Å². The maximum Gasteiger partial charge on any atom is 0.387 e. The van der Waals surface area contributed by atoms with E-state index in [-0.39, 0.29) is 17.4 Å². The average Bonchev–Trinajstić information content (AvgIpc) is 3.35. The third-order valence-corrected chi connectivity index (χ3v) is 5.68.